The third kappa shape index (κ3) is 4.03. The van der Waals surface area contributed by atoms with Crippen molar-refractivity contribution in [3.63, 3.8) is 0 Å². The summed E-state index contributed by atoms with van der Waals surface area (Å²) in [6, 6.07) is 12.3. The zero-order valence-electron chi connectivity index (χ0n) is 13.6. The van der Waals surface area contributed by atoms with Gasteiger partial charge in [0.2, 0.25) is 17.8 Å². The van der Waals surface area contributed by atoms with Crippen molar-refractivity contribution in [2.45, 2.75) is 6.61 Å². The molecular formula is C17H15N3O5. The Morgan fingerprint density at radius 2 is 1.96 bits per heavy atom. The number of ether oxygens (including phenoxy) is 3. The number of nitro benzene ring substituents is 1. The summed E-state index contributed by atoms with van der Waals surface area (Å²) in [4.78, 5) is 14.4. The Labute approximate surface area is 144 Å². The second-order valence-corrected chi connectivity index (χ2v) is 4.75. The predicted octanol–water partition coefficient (Wildman–Crippen LogP) is 3.06. The van der Waals surface area contributed by atoms with Gasteiger partial charge in [0.05, 0.1) is 19.1 Å². The molecule has 0 aromatic heterocycles. The maximum Gasteiger partial charge on any atom is 0.327 e. The number of hydrogen-bond donors (Lipinski definition) is 0. The van der Waals surface area contributed by atoms with E-state index in [2.05, 4.69) is 4.99 Å². The molecule has 128 valence electrons. The fourth-order valence-corrected chi connectivity index (χ4v) is 2.21. The quantitative estimate of drug-likeness (QED) is 0.263. The molecule has 0 amide bonds. The van der Waals surface area contributed by atoms with Crippen LogP contribution in [0.25, 0.3) is 0 Å². The average molecular weight is 341 g/mol. The van der Waals surface area contributed by atoms with Crippen LogP contribution in [0, 0.1) is 21.6 Å². The molecule has 0 N–H and O–H groups in total. The van der Waals surface area contributed by atoms with Crippen molar-refractivity contribution in [1.29, 1.82) is 5.26 Å². The Bertz CT molecular complexity index is 828. The highest BCUT2D eigenvalue weighted by Gasteiger charge is 2.29. The second kappa shape index (κ2) is 8.31. The summed E-state index contributed by atoms with van der Waals surface area (Å²) in [7, 11) is 2.57. The second-order valence-electron chi connectivity index (χ2n) is 4.75. The van der Waals surface area contributed by atoms with Crippen LogP contribution >= 0.6 is 0 Å². The first-order valence-corrected chi connectivity index (χ1v) is 7.15. The van der Waals surface area contributed by atoms with Crippen LogP contribution in [0.5, 0.6) is 11.5 Å². The van der Waals surface area contributed by atoms with Gasteiger partial charge in [0.25, 0.3) is 0 Å². The maximum atomic E-state index is 11.5. The molecule has 0 aliphatic rings. The van der Waals surface area contributed by atoms with E-state index in [0.717, 1.165) is 5.56 Å². The largest absolute Gasteiger partial charge is 0.488 e. The number of benzene rings is 2. The molecule has 0 heterocycles. The number of hydrogen-bond acceptors (Lipinski definition) is 7. The monoisotopic (exact) mass is 341 g/mol. The Balaban J connectivity index is 2.46. The Morgan fingerprint density at radius 3 is 2.52 bits per heavy atom. The number of nitro groups is 1. The molecule has 0 saturated carbocycles. The van der Waals surface area contributed by atoms with Crippen LogP contribution in [0.4, 0.5) is 5.69 Å². The van der Waals surface area contributed by atoms with Gasteiger partial charge in [0.1, 0.15) is 12.2 Å². The molecule has 0 aliphatic heterocycles. The van der Waals surface area contributed by atoms with Gasteiger partial charge in [0, 0.05) is 0 Å². The molecule has 8 heteroatoms. The van der Waals surface area contributed by atoms with Crippen molar-refractivity contribution in [2.75, 3.05) is 14.2 Å². The lowest BCUT2D eigenvalue weighted by atomic mass is 10.1. The molecule has 0 saturated heterocycles. The summed E-state index contributed by atoms with van der Waals surface area (Å²) in [5, 5.41) is 20.2. The third-order valence-electron chi connectivity index (χ3n) is 3.29. The SMILES string of the molecule is CO/C(=N\C#N)c1ccc(OCc2ccccc2)c(OC)c1[N+](=O)[O-]. The van der Waals surface area contributed by atoms with Crippen molar-refractivity contribution in [3.8, 4) is 17.7 Å². The average Bonchev–Trinajstić information content (AvgIpc) is 2.64. The van der Waals surface area contributed by atoms with Crippen LogP contribution in [0.1, 0.15) is 11.1 Å². The van der Waals surface area contributed by atoms with Gasteiger partial charge >= 0.3 is 5.69 Å². The van der Waals surface area contributed by atoms with E-state index in [4.69, 9.17) is 19.5 Å². The standard InChI is InChI=1S/C17H15N3O5/c1-23-16-14(25-10-12-6-4-3-5-7-12)9-8-13(15(16)20(21)22)17(24-2)19-11-18/h3-9H,10H2,1-2H3/b19-17-. The lowest BCUT2D eigenvalue weighted by Gasteiger charge is -2.13. The van der Waals surface area contributed by atoms with Crippen LogP contribution in [0.3, 0.4) is 0 Å². The summed E-state index contributed by atoms with van der Waals surface area (Å²) >= 11 is 0. The Hall–Kier alpha value is -3.60. The first-order chi connectivity index (χ1) is 12.1. The zero-order valence-corrected chi connectivity index (χ0v) is 13.6. The molecular weight excluding hydrogens is 326 g/mol. The molecule has 0 radical (unpaired) electrons. The number of aliphatic imine (C=N–C) groups is 1. The summed E-state index contributed by atoms with van der Waals surface area (Å²) in [5.74, 6) is -0.0440. The Morgan fingerprint density at radius 1 is 1.24 bits per heavy atom. The molecule has 0 atom stereocenters. The fourth-order valence-electron chi connectivity index (χ4n) is 2.21. The van der Waals surface area contributed by atoms with Gasteiger partial charge in [-0.3, -0.25) is 10.1 Å². The van der Waals surface area contributed by atoms with E-state index in [0.29, 0.717) is 0 Å². The van der Waals surface area contributed by atoms with E-state index in [1.807, 2.05) is 30.3 Å². The smallest absolute Gasteiger partial charge is 0.327 e. The molecule has 0 fully saturated rings. The number of nitriles is 1. The van der Waals surface area contributed by atoms with Gasteiger partial charge in [0.15, 0.2) is 5.75 Å². The number of nitrogens with zero attached hydrogens (tertiary/aromatic N) is 3. The normalized spacial score (nSPS) is 10.7. The predicted molar refractivity (Wildman–Crippen MR) is 89.6 cm³/mol. The van der Waals surface area contributed by atoms with E-state index in [1.54, 1.807) is 6.19 Å². The van der Waals surface area contributed by atoms with E-state index in [1.165, 1.54) is 26.4 Å². The van der Waals surface area contributed by atoms with Crippen LogP contribution in [0.15, 0.2) is 47.5 Å². The minimum Gasteiger partial charge on any atom is -0.488 e. The molecule has 0 spiro atoms. The number of methoxy groups -OCH3 is 2. The minimum absolute atomic E-state index is 0.0259. The van der Waals surface area contributed by atoms with Crippen molar-refractivity contribution < 1.29 is 19.1 Å². The summed E-state index contributed by atoms with van der Waals surface area (Å²) < 4.78 is 15.8. The molecule has 8 nitrogen and oxygen atoms in total. The first-order valence-electron chi connectivity index (χ1n) is 7.15. The Kier molecular flexibility index (Phi) is 5.90. The third-order valence-corrected chi connectivity index (χ3v) is 3.29. The van der Waals surface area contributed by atoms with Crippen molar-refractivity contribution in [2.24, 2.45) is 4.99 Å². The fraction of sp³-hybridized carbons (Fsp3) is 0.176. The zero-order chi connectivity index (χ0) is 18.2. The van der Waals surface area contributed by atoms with Crippen molar-refractivity contribution >= 4 is 11.6 Å². The van der Waals surface area contributed by atoms with Crippen molar-refractivity contribution in [3.05, 3.63) is 63.7 Å². The van der Waals surface area contributed by atoms with Gasteiger partial charge < -0.3 is 14.2 Å². The molecule has 2 aromatic rings. The highest BCUT2D eigenvalue weighted by atomic mass is 16.6. The highest BCUT2D eigenvalue weighted by Crippen LogP contribution is 2.40. The van der Waals surface area contributed by atoms with E-state index in [9.17, 15) is 10.1 Å². The van der Waals surface area contributed by atoms with Crippen molar-refractivity contribution in [1.82, 2.24) is 0 Å². The summed E-state index contributed by atoms with van der Waals surface area (Å²) in [5.41, 5.74) is 0.543. The molecule has 25 heavy (non-hydrogen) atoms. The minimum atomic E-state index is -0.630. The van der Waals surface area contributed by atoms with Crippen LogP contribution < -0.4 is 9.47 Å². The first kappa shape index (κ1) is 17.7. The van der Waals surface area contributed by atoms with Crippen LogP contribution in [-0.2, 0) is 11.3 Å². The molecule has 0 aliphatic carbocycles. The summed E-state index contributed by atoms with van der Waals surface area (Å²) in [6.07, 6.45) is 1.55. The van der Waals surface area contributed by atoms with Crippen LogP contribution in [0.2, 0.25) is 0 Å². The van der Waals surface area contributed by atoms with E-state index in [-0.39, 0.29) is 35.3 Å². The van der Waals surface area contributed by atoms with Gasteiger partial charge in [-0.2, -0.15) is 5.26 Å². The van der Waals surface area contributed by atoms with Gasteiger partial charge in [-0.1, -0.05) is 30.3 Å². The van der Waals surface area contributed by atoms with Gasteiger partial charge in [-0.25, -0.2) is 0 Å². The maximum absolute atomic E-state index is 11.5. The lowest BCUT2D eigenvalue weighted by molar-refractivity contribution is -0.386. The van der Waals surface area contributed by atoms with Crippen LogP contribution in [-0.4, -0.2) is 25.0 Å². The molecule has 0 unspecified atom stereocenters. The molecule has 0 bridgehead atoms. The van der Waals surface area contributed by atoms with E-state index < -0.39 is 4.92 Å². The molecule has 2 aromatic carbocycles. The molecule has 2 rings (SSSR count). The van der Waals surface area contributed by atoms with Gasteiger partial charge in [-0.05, 0) is 17.7 Å². The number of rotatable bonds is 6. The summed E-state index contributed by atoms with van der Waals surface area (Å²) in [6.45, 7) is 0.219. The highest BCUT2D eigenvalue weighted by molar-refractivity contribution is 6.00. The van der Waals surface area contributed by atoms with E-state index >= 15 is 0 Å². The van der Waals surface area contributed by atoms with Gasteiger partial charge in [-0.15, -0.1) is 4.99 Å². The topological polar surface area (TPSA) is 107 Å². The lowest BCUT2D eigenvalue weighted by Crippen LogP contribution is -2.09.